The van der Waals surface area contributed by atoms with Gasteiger partial charge in [-0.1, -0.05) is 12.1 Å². The SMILES string of the molecule is Cn1nc(C(F)(F)F)cc1Oc1cc(N2CCC(Oc3ccccc3C(F)(F)F)CC2)nc([N+](=O)[O-])n1. The van der Waals surface area contributed by atoms with Crippen LogP contribution in [0.2, 0.25) is 0 Å². The Morgan fingerprint density at radius 3 is 2.30 bits per heavy atom. The Hall–Kier alpha value is -4.11. The fourth-order valence-corrected chi connectivity index (χ4v) is 3.67. The van der Waals surface area contributed by atoms with Gasteiger partial charge in [0.25, 0.3) is 0 Å². The Morgan fingerprint density at radius 2 is 1.70 bits per heavy atom. The first-order valence-corrected chi connectivity index (χ1v) is 10.7. The number of nitro groups is 1. The van der Waals surface area contributed by atoms with Gasteiger partial charge in [0.2, 0.25) is 11.7 Å². The molecule has 0 spiro atoms. The van der Waals surface area contributed by atoms with Gasteiger partial charge in [-0.2, -0.15) is 31.4 Å². The van der Waals surface area contributed by atoms with Gasteiger partial charge < -0.3 is 24.5 Å². The van der Waals surface area contributed by atoms with E-state index in [2.05, 4.69) is 15.1 Å². The molecule has 1 aliphatic rings. The van der Waals surface area contributed by atoms with Crippen molar-refractivity contribution < 1.29 is 40.7 Å². The third-order valence-corrected chi connectivity index (χ3v) is 5.43. The predicted molar refractivity (Wildman–Crippen MR) is 114 cm³/mol. The third kappa shape index (κ3) is 6.00. The van der Waals surface area contributed by atoms with Gasteiger partial charge in [-0.3, -0.25) is 0 Å². The van der Waals surface area contributed by atoms with Crippen molar-refractivity contribution in [2.24, 2.45) is 7.05 Å². The van der Waals surface area contributed by atoms with Gasteiger partial charge in [0.1, 0.15) is 11.9 Å². The molecule has 0 aliphatic carbocycles. The summed E-state index contributed by atoms with van der Waals surface area (Å²) in [6.45, 7) is 0.437. The van der Waals surface area contributed by atoms with Crippen molar-refractivity contribution in [3.8, 4) is 17.5 Å². The number of aryl methyl sites for hydroxylation is 1. The molecule has 1 fully saturated rings. The van der Waals surface area contributed by atoms with E-state index in [9.17, 15) is 36.5 Å². The highest BCUT2D eigenvalue weighted by molar-refractivity contribution is 5.45. The van der Waals surface area contributed by atoms with Gasteiger partial charge in [-0.15, -0.1) is 0 Å². The number of alkyl halides is 6. The first-order chi connectivity index (χ1) is 17.3. The second-order valence-electron chi connectivity index (χ2n) is 8.01. The van der Waals surface area contributed by atoms with Crippen LogP contribution < -0.4 is 14.4 Å². The van der Waals surface area contributed by atoms with Crippen molar-refractivity contribution in [2.45, 2.75) is 31.3 Å². The Kier molecular flexibility index (Phi) is 6.84. The third-order valence-electron chi connectivity index (χ3n) is 5.43. The van der Waals surface area contributed by atoms with Crippen LogP contribution in [0.15, 0.2) is 36.4 Å². The van der Waals surface area contributed by atoms with E-state index in [1.165, 1.54) is 31.3 Å². The summed E-state index contributed by atoms with van der Waals surface area (Å²) in [5.41, 5.74) is -2.11. The van der Waals surface area contributed by atoms with Crippen molar-refractivity contribution in [1.29, 1.82) is 0 Å². The average Bonchev–Trinajstić information content (AvgIpc) is 3.19. The topological polar surface area (TPSA) is 108 Å². The van der Waals surface area contributed by atoms with Crippen LogP contribution >= 0.6 is 0 Å². The molecule has 3 heterocycles. The summed E-state index contributed by atoms with van der Waals surface area (Å²) in [7, 11) is 1.20. The minimum Gasteiger partial charge on any atom is -0.490 e. The molecule has 37 heavy (non-hydrogen) atoms. The van der Waals surface area contributed by atoms with E-state index < -0.39 is 40.6 Å². The highest BCUT2D eigenvalue weighted by Gasteiger charge is 2.36. The van der Waals surface area contributed by atoms with E-state index in [4.69, 9.17) is 9.47 Å². The monoisotopic (exact) mass is 532 g/mol. The highest BCUT2D eigenvalue weighted by Crippen LogP contribution is 2.37. The number of hydrogen-bond donors (Lipinski definition) is 0. The molecule has 10 nitrogen and oxygen atoms in total. The molecule has 0 amide bonds. The van der Waals surface area contributed by atoms with Gasteiger partial charge in [0.15, 0.2) is 5.69 Å². The Labute approximate surface area is 204 Å². The van der Waals surface area contributed by atoms with E-state index in [-0.39, 0.29) is 49.3 Å². The molecule has 198 valence electrons. The molecule has 16 heteroatoms. The van der Waals surface area contributed by atoms with Crippen molar-refractivity contribution in [1.82, 2.24) is 19.7 Å². The number of halogens is 6. The van der Waals surface area contributed by atoms with E-state index in [1.54, 1.807) is 4.90 Å². The molecular formula is C21H18F6N6O4. The van der Waals surface area contributed by atoms with Gasteiger partial charge in [0, 0.05) is 39.0 Å². The zero-order valence-corrected chi connectivity index (χ0v) is 19.0. The van der Waals surface area contributed by atoms with Crippen LogP contribution in [0.5, 0.6) is 17.5 Å². The smallest absolute Gasteiger partial charge is 0.474 e. The van der Waals surface area contributed by atoms with E-state index in [1.807, 2.05) is 0 Å². The molecule has 2 aromatic heterocycles. The summed E-state index contributed by atoms with van der Waals surface area (Å²) >= 11 is 0. The maximum atomic E-state index is 13.2. The lowest BCUT2D eigenvalue weighted by Crippen LogP contribution is -2.39. The Morgan fingerprint density at radius 1 is 1.03 bits per heavy atom. The molecule has 4 rings (SSSR count). The average molecular weight is 532 g/mol. The Balaban J connectivity index is 1.50. The van der Waals surface area contributed by atoms with Crippen molar-refractivity contribution in [3.63, 3.8) is 0 Å². The number of nitrogens with zero attached hydrogens (tertiary/aromatic N) is 6. The minimum absolute atomic E-state index is 0.0593. The van der Waals surface area contributed by atoms with E-state index in [0.29, 0.717) is 6.07 Å². The summed E-state index contributed by atoms with van der Waals surface area (Å²) in [6, 6.07) is 6.68. The first-order valence-electron chi connectivity index (χ1n) is 10.7. The van der Waals surface area contributed by atoms with E-state index in [0.717, 1.165) is 10.7 Å². The minimum atomic E-state index is -4.73. The summed E-state index contributed by atoms with van der Waals surface area (Å²) in [4.78, 5) is 19.6. The number of ether oxygens (including phenoxy) is 2. The zero-order valence-electron chi connectivity index (χ0n) is 19.0. The zero-order chi connectivity index (χ0) is 27.0. The summed E-state index contributed by atoms with van der Waals surface area (Å²) in [5.74, 6) is -1.82. The van der Waals surface area contributed by atoms with Crippen LogP contribution in [0.1, 0.15) is 24.1 Å². The molecule has 3 aromatic rings. The van der Waals surface area contributed by atoms with Crippen LogP contribution in [-0.2, 0) is 19.4 Å². The summed E-state index contributed by atoms with van der Waals surface area (Å²) in [6.07, 6.45) is -9.31. The normalized spacial score (nSPS) is 15.1. The van der Waals surface area contributed by atoms with Gasteiger partial charge in [-0.25, -0.2) is 4.68 Å². The van der Waals surface area contributed by atoms with Crippen LogP contribution in [0, 0.1) is 10.1 Å². The van der Waals surface area contributed by atoms with E-state index >= 15 is 0 Å². The summed E-state index contributed by atoms with van der Waals surface area (Å²) in [5, 5.41) is 14.6. The first kappa shape index (κ1) is 26.0. The predicted octanol–water partition coefficient (Wildman–Crippen LogP) is 5.00. The number of benzene rings is 1. The van der Waals surface area contributed by atoms with Crippen LogP contribution in [0.4, 0.5) is 38.1 Å². The quantitative estimate of drug-likeness (QED) is 0.248. The summed E-state index contributed by atoms with van der Waals surface area (Å²) < 4.78 is 90.2. The number of hydrogen-bond acceptors (Lipinski definition) is 8. The molecule has 0 radical (unpaired) electrons. The molecule has 0 saturated carbocycles. The number of anilines is 1. The number of aromatic nitrogens is 4. The maximum Gasteiger partial charge on any atom is 0.474 e. The second kappa shape index (κ2) is 9.74. The Bertz CT molecular complexity index is 1290. The number of rotatable bonds is 6. The lowest BCUT2D eigenvalue weighted by Gasteiger charge is -2.32. The molecular weight excluding hydrogens is 514 g/mol. The molecule has 1 aromatic carbocycles. The van der Waals surface area contributed by atoms with Crippen molar-refractivity contribution >= 4 is 11.8 Å². The van der Waals surface area contributed by atoms with Crippen LogP contribution in [-0.4, -0.2) is 43.9 Å². The standard InChI is InChI=1S/C21H18F6N6O4/c1-31-18(10-15(30-31)21(25,26)27)37-17-11-16(28-19(29-17)33(34)35)32-8-6-12(7-9-32)36-14-5-3-2-4-13(14)20(22,23)24/h2-5,10-12H,6-9H2,1H3. The van der Waals surface area contributed by atoms with Crippen LogP contribution in [0.3, 0.4) is 0 Å². The number of para-hydroxylation sites is 1. The fourth-order valence-electron chi connectivity index (χ4n) is 3.67. The van der Waals surface area contributed by atoms with Crippen molar-refractivity contribution in [2.75, 3.05) is 18.0 Å². The van der Waals surface area contributed by atoms with Gasteiger partial charge in [-0.05, 0) is 27.0 Å². The lowest BCUT2D eigenvalue weighted by atomic mass is 10.1. The van der Waals surface area contributed by atoms with Gasteiger partial charge in [0.05, 0.1) is 11.6 Å². The second-order valence-corrected chi connectivity index (χ2v) is 8.01. The molecule has 0 bridgehead atoms. The fraction of sp³-hybridized carbons (Fsp3) is 0.381. The molecule has 1 aliphatic heterocycles. The molecule has 0 unspecified atom stereocenters. The maximum absolute atomic E-state index is 13.2. The molecule has 0 N–H and O–H groups in total. The molecule has 1 saturated heterocycles. The van der Waals surface area contributed by atoms with Crippen LogP contribution in [0.25, 0.3) is 0 Å². The number of piperidine rings is 1. The highest BCUT2D eigenvalue weighted by atomic mass is 19.4. The van der Waals surface area contributed by atoms with Crippen molar-refractivity contribution in [3.05, 3.63) is 57.8 Å². The van der Waals surface area contributed by atoms with Gasteiger partial charge >= 0.3 is 24.2 Å². The largest absolute Gasteiger partial charge is 0.490 e. The lowest BCUT2D eigenvalue weighted by molar-refractivity contribution is -0.394. The molecule has 0 atom stereocenters.